The van der Waals surface area contributed by atoms with E-state index in [2.05, 4.69) is 4.98 Å². The lowest BCUT2D eigenvalue weighted by atomic mass is 9.91. The van der Waals surface area contributed by atoms with Gasteiger partial charge >= 0.3 is 6.09 Å². The number of nitrogens with one attached hydrogen (secondary N) is 1. The Hall–Kier alpha value is -2.24. The predicted octanol–water partition coefficient (Wildman–Crippen LogP) is 2.92. The van der Waals surface area contributed by atoms with Gasteiger partial charge in [-0.1, -0.05) is 0 Å². The molecule has 23 heavy (non-hydrogen) atoms. The van der Waals surface area contributed by atoms with Crippen molar-refractivity contribution in [3.63, 3.8) is 0 Å². The van der Waals surface area contributed by atoms with E-state index >= 15 is 0 Å². The van der Waals surface area contributed by atoms with E-state index in [1.165, 1.54) is 6.20 Å². The SMILES string of the molecule is CC(C)(C)OC(=O)N1CCCC(c2c[nH]c3c2ccc[n+]3[O-])C1. The highest BCUT2D eigenvalue weighted by atomic mass is 16.6. The topological polar surface area (TPSA) is 72.3 Å². The Balaban J connectivity index is 1.80. The smallest absolute Gasteiger partial charge is 0.410 e. The third kappa shape index (κ3) is 3.25. The van der Waals surface area contributed by atoms with Crippen LogP contribution in [0, 0.1) is 5.21 Å². The first-order valence-electron chi connectivity index (χ1n) is 8.02. The van der Waals surface area contributed by atoms with E-state index in [9.17, 15) is 10.0 Å². The molecule has 0 saturated carbocycles. The van der Waals surface area contributed by atoms with Gasteiger partial charge in [-0.05, 0) is 45.7 Å². The van der Waals surface area contributed by atoms with Gasteiger partial charge in [0.25, 0.3) is 5.65 Å². The first kappa shape index (κ1) is 15.6. The van der Waals surface area contributed by atoms with Crippen LogP contribution in [-0.2, 0) is 4.74 Å². The fourth-order valence-corrected chi connectivity index (χ4v) is 3.15. The Morgan fingerprint density at radius 2 is 2.26 bits per heavy atom. The van der Waals surface area contributed by atoms with E-state index < -0.39 is 5.60 Å². The van der Waals surface area contributed by atoms with E-state index in [-0.39, 0.29) is 12.0 Å². The molecule has 6 nitrogen and oxygen atoms in total. The summed E-state index contributed by atoms with van der Waals surface area (Å²) in [5.41, 5.74) is 1.18. The molecule has 0 aliphatic carbocycles. The summed E-state index contributed by atoms with van der Waals surface area (Å²) in [6.45, 7) is 6.96. The van der Waals surface area contributed by atoms with Gasteiger partial charge in [0.1, 0.15) is 5.60 Å². The van der Waals surface area contributed by atoms with Crippen molar-refractivity contribution < 1.29 is 14.3 Å². The van der Waals surface area contributed by atoms with Gasteiger partial charge < -0.3 is 14.8 Å². The molecule has 1 amide bonds. The third-order valence-electron chi connectivity index (χ3n) is 4.15. The molecule has 1 aliphatic heterocycles. The van der Waals surface area contributed by atoms with Gasteiger partial charge in [0.05, 0.1) is 17.8 Å². The maximum absolute atomic E-state index is 12.3. The Morgan fingerprint density at radius 1 is 1.48 bits per heavy atom. The number of pyridine rings is 1. The molecule has 1 unspecified atom stereocenters. The maximum Gasteiger partial charge on any atom is 0.410 e. The Morgan fingerprint density at radius 3 is 3.00 bits per heavy atom. The van der Waals surface area contributed by atoms with Gasteiger partial charge in [-0.25, -0.2) is 14.5 Å². The number of nitrogens with zero attached hydrogens (tertiary/aromatic N) is 2. The van der Waals surface area contributed by atoms with Crippen LogP contribution < -0.4 is 4.73 Å². The number of hydrogen-bond acceptors (Lipinski definition) is 3. The van der Waals surface area contributed by atoms with Crippen molar-refractivity contribution in [1.29, 1.82) is 0 Å². The summed E-state index contributed by atoms with van der Waals surface area (Å²) in [6.07, 6.45) is 5.04. The number of fused-ring (bicyclic) bond motifs is 1. The van der Waals surface area contributed by atoms with Crippen LogP contribution in [0.1, 0.15) is 45.1 Å². The Labute approximate surface area is 135 Å². The minimum atomic E-state index is -0.487. The number of rotatable bonds is 1. The summed E-state index contributed by atoms with van der Waals surface area (Å²) >= 11 is 0. The molecular weight excluding hydrogens is 294 g/mol. The molecule has 3 rings (SSSR count). The largest absolute Gasteiger partial charge is 0.711 e. The van der Waals surface area contributed by atoms with Crippen molar-refractivity contribution in [1.82, 2.24) is 9.88 Å². The molecule has 2 aromatic rings. The van der Waals surface area contributed by atoms with Crippen molar-refractivity contribution in [3.05, 3.63) is 35.3 Å². The van der Waals surface area contributed by atoms with E-state index in [0.29, 0.717) is 12.2 Å². The average Bonchev–Trinajstić information content (AvgIpc) is 2.91. The van der Waals surface area contributed by atoms with Gasteiger partial charge in [0, 0.05) is 24.6 Å². The standard InChI is InChI=1S/C17H23N3O3/c1-17(2,3)23-16(21)19-8-4-6-12(11-19)14-10-18-15-13(14)7-5-9-20(15)22/h5,7,9-10,12,18H,4,6,8,11H2,1-3H3. The lowest BCUT2D eigenvalue weighted by molar-refractivity contribution is -0.579. The number of piperidine rings is 1. The highest BCUT2D eigenvalue weighted by molar-refractivity contribution is 5.78. The second kappa shape index (κ2) is 5.76. The van der Waals surface area contributed by atoms with Crippen molar-refractivity contribution in [2.24, 2.45) is 0 Å². The van der Waals surface area contributed by atoms with Gasteiger partial charge in [0.15, 0.2) is 0 Å². The van der Waals surface area contributed by atoms with Crippen molar-refractivity contribution in [3.8, 4) is 0 Å². The van der Waals surface area contributed by atoms with Crippen LogP contribution in [-0.4, -0.2) is 34.7 Å². The summed E-state index contributed by atoms with van der Waals surface area (Å²) in [6, 6.07) is 3.70. The van der Waals surface area contributed by atoms with Crippen LogP contribution >= 0.6 is 0 Å². The molecule has 1 atom stereocenters. The number of ether oxygens (including phenoxy) is 1. The van der Waals surface area contributed by atoms with E-state index in [0.717, 1.165) is 35.1 Å². The van der Waals surface area contributed by atoms with E-state index in [4.69, 9.17) is 4.74 Å². The van der Waals surface area contributed by atoms with Gasteiger partial charge in [-0.3, -0.25) is 0 Å². The molecule has 0 spiro atoms. The summed E-state index contributed by atoms with van der Waals surface area (Å²) in [4.78, 5) is 17.1. The summed E-state index contributed by atoms with van der Waals surface area (Å²) in [5.74, 6) is 0.215. The molecule has 1 aliphatic rings. The van der Waals surface area contributed by atoms with Crippen molar-refractivity contribution >= 4 is 17.1 Å². The number of aromatic nitrogens is 2. The number of aromatic amines is 1. The fourth-order valence-electron chi connectivity index (χ4n) is 3.15. The monoisotopic (exact) mass is 317 g/mol. The molecular formula is C17H23N3O3. The zero-order chi connectivity index (χ0) is 16.6. The van der Waals surface area contributed by atoms with Gasteiger partial charge in [-0.2, -0.15) is 0 Å². The zero-order valence-corrected chi connectivity index (χ0v) is 13.8. The lowest BCUT2D eigenvalue weighted by Crippen LogP contribution is -2.42. The predicted molar refractivity (Wildman–Crippen MR) is 87.0 cm³/mol. The highest BCUT2D eigenvalue weighted by Gasteiger charge is 2.30. The minimum absolute atomic E-state index is 0.215. The number of amides is 1. The first-order chi connectivity index (χ1) is 10.8. The number of carbonyl (C=O) groups is 1. The molecule has 1 N–H and O–H groups in total. The number of likely N-dealkylation sites (tertiary alicyclic amines) is 1. The molecule has 0 radical (unpaired) electrons. The van der Waals surface area contributed by atoms with Crippen LogP contribution in [0.15, 0.2) is 24.5 Å². The maximum atomic E-state index is 12.3. The first-order valence-corrected chi connectivity index (χ1v) is 8.02. The molecule has 0 aromatic carbocycles. The summed E-state index contributed by atoms with van der Waals surface area (Å²) < 4.78 is 6.32. The van der Waals surface area contributed by atoms with Crippen LogP contribution in [0.3, 0.4) is 0 Å². The third-order valence-corrected chi connectivity index (χ3v) is 4.15. The van der Waals surface area contributed by atoms with E-state index in [1.54, 1.807) is 11.0 Å². The van der Waals surface area contributed by atoms with Gasteiger partial charge in [-0.15, -0.1) is 0 Å². The van der Waals surface area contributed by atoms with Crippen LogP contribution in [0.5, 0.6) is 0 Å². The Bertz CT molecular complexity index is 717. The second-order valence-electron chi connectivity index (χ2n) is 7.11. The van der Waals surface area contributed by atoms with Gasteiger partial charge in [0.2, 0.25) is 0 Å². The van der Waals surface area contributed by atoms with Crippen molar-refractivity contribution in [2.45, 2.75) is 45.1 Å². The van der Waals surface area contributed by atoms with Crippen LogP contribution in [0.25, 0.3) is 11.0 Å². The number of carbonyl (C=O) groups excluding carboxylic acids is 1. The van der Waals surface area contributed by atoms with Crippen molar-refractivity contribution in [2.75, 3.05) is 13.1 Å². The Kier molecular flexibility index (Phi) is 3.92. The molecule has 2 aromatic heterocycles. The van der Waals surface area contributed by atoms with Crippen LogP contribution in [0.4, 0.5) is 4.79 Å². The average molecular weight is 317 g/mol. The fraction of sp³-hybridized carbons (Fsp3) is 0.529. The molecule has 3 heterocycles. The lowest BCUT2D eigenvalue weighted by Gasteiger charge is -2.33. The molecule has 124 valence electrons. The normalized spacial score (nSPS) is 19.1. The molecule has 1 fully saturated rings. The quantitative estimate of drug-likeness (QED) is 0.649. The number of hydrogen-bond donors (Lipinski definition) is 1. The van der Waals surface area contributed by atoms with Crippen LogP contribution in [0.2, 0.25) is 0 Å². The molecule has 1 saturated heterocycles. The molecule has 0 bridgehead atoms. The second-order valence-corrected chi connectivity index (χ2v) is 7.11. The van der Waals surface area contributed by atoms with E-state index in [1.807, 2.05) is 33.0 Å². The zero-order valence-electron chi connectivity index (χ0n) is 13.8. The minimum Gasteiger partial charge on any atom is -0.711 e. The number of H-pyrrole nitrogens is 1. The highest BCUT2D eigenvalue weighted by Crippen LogP contribution is 2.31. The summed E-state index contributed by atoms with van der Waals surface area (Å²) in [7, 11) is 0. The molecule has 6 heteroatoms. The summed E-state index contributed by atoms with van der Waals surface area (Å²) in [5, 5.41) is 12.7.